The van der Waals surface area contributed by atoms with E-state index in [2.05, 4.69) is 9.97 Å². The second kappa shape index (κ2) is 9.66. The van der Waals surface area contributed by atoms with Crippen molar-refractivity contribution >= 4 is 21.0 Å². The lowest BCUT2D eigenvalue weighted by Gasteiger charge is -2.13. The van der Waals surface area contributed by atoms with Crippen molar-refractivity contribution < 1.29 is 22.4 Å². The van der Waals surface area contributed by atoms with Crippen molar-refractivity contribution in [1.29, 1.82) is 0 Å². The first-order chi connectivity index (χ1) is 15.8. The summed E-state index contributed by atoms with van der Waals surface area (Å²) in [6.45, 7) is 3.26. The van der Waals surface area contributed by atoms with Crippen LogP contribution >= 0.6 is 0 Å². The Hall–Kier alpha value is -3.33. The van der Waals surface area contributed by atoms with Gasteiger partial charge in [-0.1, -0.05) is 35.9 Å². The van der Waals surface area contributed by atoms with Crippen LogP contribution in [-0.4, -0.2) is 42.8 Å². The van der Waals surface area contributed by atoms with Crippen LogP contribution < -0.4 is 4.74 Å². The van der Waals surface area contributed by atoms with Gasteiger partial charge in [0.25, 0.3) is 10.1 Å². The van der Waals surface area contributed by atoms with Crippen LogP contribution in [0.2, 0.25) is 0 Å². The number of nitrogens with zero attached hydrogens (tertiary/aromatic N) is 2. The Bertz CT molecular complexity index is 1350. The molecule has 33 heavy (non-hydrogen) atoms. The number of hydrogen-bond donors (Lipinski definition) is 1. The van der Waals surface area contributed by atoms with Gasteiger partial charge in [0.1, 0.15) is 18.5 Å². The Morgan fingerprint density at radius 3 is 2.36 bits per heavy atom. The highest BCUT2D eigenvalue weighted by Gasteiger charge is 2.18. The topological polar surface area (TPSA) is 98.6 Å². The number of rotatable bonds is 8. The fourth-order valence-corrected chi connectivity index (χ4v) is 4.12. The van der Waals surface area contributed by atoms with E-state index in [0.29, 0.717) is 5.75 Å². The van der Waals surface area contributed by atoms with Crippen molar-refractivity contribution in [3.05, 3.63) is 84.3 Å². The van der Waals surface area contributed by atoms with Gasteiger partial charge in [-0.15, -0.1) is 0 Å². The molecule has 0 aliphatic rings. The summed E-state index contributed by atoms with van der Waals surface area (Å²) in [5.74, 6) is 0.465. The van der Waals surface area contributed by atoms with E-state index in [-0.39, 0.29) is 11.5 Å². The van der Waals surface area contributed by atoms with Gasteiger partial charge in [0.05, 0.1) is 23.2 Å². The zero-order valence-electron chi connectivity index (χ0n) is 18.3. The first-order valence-corrected chi connectivity index (χ1v) is 11.8. The van der Waals surface area contributed by atoms with Crippen molar-refractivity contribution in [3.8, 4) is 16.9 Å². The van der Waals surface area contributed by atoms with Crippen LogP contribution in [0.25, 0.3) is 22.0 Å². The second-order valence-electron chi connectivity index (χ2n) is 7.78. The summed E-state index contributed by atoms with van der Waals surface area (Å²) in [4.78, 5) is 8.81. The molecule has 8 heteroatoms. The second-order valence-corrected chi connectivity index (χ2v) is 9.40. The van der Waals surface area contributed by atoms with E-state index in [1.165, 1.54) is 12.1 Å². The van der Waals surface area contributed by atoms with Crippen LogP contribution in [0.1, 0.15) is 11.3 Å². The smallest absolute Gasteiger partial charge is 0.297 e. The summed E-state index contributed by atoms with van der Waals surface area (Å²) in [6, 6.07) is 18.0. The summed E-state index contributed by atoms with van der Waals surface area (Å²) in [5.41, 5.74) is 4.72. The van der Waals surface area contributed by atoms with E-state index < -0.39 is 22.8 Å². The highest BCUT2D eigenvalue weighted by atomic mass is 32.2. The molecule has 2 heterocycles. The first kappa shape index (κ1) is 22.8. The maximum Gasteiger partial charge on any atom is 0.297 e. The number of aromatic nitrogens is 2. The lowest BCUT2D eigenvalue weighted by molar-refractivity contribution is 0.0648. The quantitative estimate of drug-likeness (QED) is 0.393. The summed E-state index contributed by atoms with van der Waals surface area (Å²) in [7, 11) is -3.95. The highest BCUT2D eigenvalue weighted by Crippen LogP contribution is 2.25. The molecule has 0 amide bonds. The van der Waals surface area contributed by atoms with Gasteiger partial charge in [-0.3, -0.25) is 14.2 Å². The molecule has 1 atom stereocenters. The maximum atomic E-state index is 12.2. The number of aliphatic hydroxyl groups is 1. The number of hydrogen-bond acceptors (Lipinski definition) is 7. The lowest BCUT2D eigenvalue weighted by atomic mass is 10.1. The zero-order valence-corrected chi connectivity index (χ0v) is 19.1. The molecule has 0 aliphatic heterocycles. The maximum absolute atomic E-state index is 12.2. The van der Waals surface area contributed by atoms with Gasteiger partial charge in [0.15, 0.2) is 0 Å². The number of aryl methyl sites for hydroxylation is 2. The van der Waals surface area contributed by atoms with Crippen LogP contribution in [0.3, 0.4) is 0 Å². The van der Waals surface area contributed by atoms with Crippen LogP contribution in [0.15, 0.2) is 78.0 Å². The van der Waals surface area contributed by atoms with Crippen LogP contribution in [0, 0.1) is 13.8 Å². The molecule has 0 aliphatic carbocycles. The fourth-order valence-electron chi connectivity index (χ4n) is 3.18. The van der Waals surface area contributed by atoms with Gasteiger partial charge < -0.3 is 9.84 Å². The van der Waals surface area contributed by atoms with Gasteiger partial charge in [0, 0.05) is 22.8 Å². The van der Waals surface area contributed by atoms with E-state index >= 15 is 0 Å². The summed E-state index contributed by atoms with van der Waals surface area (Å²) in [6.07, 6.45) is 2.27. The molecule has 0 spiro atoms. The molecule has 0 saturated heterocycles. The Morgan fingerprint density at radius 2 is 1.64 bits per heavy atom. The molecule has 0 fully saturated rings. The molecule has 4 rings (SSSR count). The third-order valence-corrected chi connectivity index (χ3v) is 6.37. The fraction of sp³-hybridized carbons (Fsp3) is 0.200. The summed E-state index contributed by atoms with van der Waals surface area (Å²) >= 11 is 0. The number of benzene rings is 2. The van der Waals surface area contributed by atoms with Crippen molar-refractivity contribution in [2.24, 2.45) is 0 Å². The zero-order chi connectivity index (χ0) is 23.4. The van der Waals surface area contributed by atoms with E-state index in [4.69, 9.17) is 8.92 Å². The highest BCUT2D eigenvalue weighted by molar-refractivity contribution is 7.86. The standard InChI is InChI=1S/C25H24N2O5S/c1-17-3-9-24(10-4-17)33(29,30)32-16-22(28)15-31-23-11-20-8-7-19(12-25(20)27-14-23)21-6-5-18(2)26-13-21/h3-14,22,28H,15-16H2,1-2H3. The molecule has 0 bridgehead atoms. The number of fused-ring (bicyclic) bond motifs is 1. The van der Waals surface area contributed by atoms with Crippen molar-refractivity contribution in [2.75, 3.05) is 13.2 Å². The van der Waals surface area contributed by atoms with Crippen LogP contribution in [0.4, 0.5) is 0 Å². The Labute approximate surface area is 192 Å². The monoisotopic (exact) mass is 464 g/mol. The summed E-state index contributed by atoms with van der Waals surface area (Å²) in [5, 5.41) is 11.0. The summed E-state index contributed by atoms with van der Waals surface area (Å²) < 4.78 is 35.0. The molecule has 4 aromatic rings. The Morgan fingerprint density at radius 1 is 0.879 bits per heavy atom. The molecular formula is C25H24N2O5S. The van der Waals surface area contributed by atoms with Crippen LogP contribution in [-0.2, 0) is 14.3 Å². The first-order valence-electron chi connectivity index (χ1n) is 10.4. The third-order valence-electron chi connectivity index (χ3n) is 5.07. The van der Waals surface area contributed by atoms with Gasteiger partial charge in [-0.2, -0.15) is 8.42 Å². The van der Waals surface area contributed by atoms with Crippen molar-refractivity contribution in [1.82, 2.24) is 9.97 Å². The number of aliphatic hydroxyl groups excluding tert-OH is 1. The van der Waals surface area contributed by atoms with Crippen molar-refractivity contribution in [2.45, 2.75) is 24.8 Å². The molecule has 2 aromatic heterocycles. The van der Waals surface area contributed by atoms with E-state index in [9.17, 15) is 13.5 Å². The lowest BCUT2D eigenvalue weighted by Crippen LogP contribution is -2.25. The van der Waals surface area contributed by atoms with E-state index in [0.717, 1.165) is 33.3 Å². The van der Waals surface area contributed by atoms with E-state index in [1.54, 1.807) is 18.3 Å². The van der Waals surface area contributed by atoms with Gasteiger partial charge in [-0.05, 0) is 49.7 Å². The molecular weight excluding hydrogens is 440 g/mol. The minimum Gasteiger partial charge on any atom is -0.489 e. The van der Waals surface area contributed by atoms with Gasteiger partial charge >= 0.3 is 0 Å². The molecule has 0 saturated carbocycles. The number of ether oxygens (including phenoxy) is 1. The molecule has 1 N–H and O–H groups in total. The number of pyridine rings is 2. The average Bonchev–Trinajstić information content (AvgIpc) is 2.82. The molecule has 2 aromatic carbocycles. The Balaban J connectivity index is 1.36. The Kier molecular flexibility index (Phi) is 6.69. The molecule has 0 radical (unpaired) electrons. The SMILES string of the molecule is Cc1ccc(S(=O)(=O)OCC(O)COc2cnc3cc(-c4ccc(C)nc4)ccc3c2)cc1. The van der Waals surface area contributed by atoms with Crippen molar-refractivity contribution in [3.63, 3.8) is 0 Å². The average molecular weight is 465 g/mol. The predicted molar refractivity (Wildman–Crippen MR) is 126 cm³/mol. The largest absolute Gasteiger partial charge is 0.489 e. The van der Waals surface area contributed by atoms with Crippen LogP contribution in [0.5, 0.6) is 5.75 Å². The normalized spacial score (nSPS) is 12.6. The van der Waals surface area contributed by atoms with Gasteiger partial charge in [0.2, 0.25) is 0 Å². The minimum absolute atomic E-state index is 0.0423. The molecule has 1 unspecified atom stereocenters. The minimum atomic E-state index is -3.95. The molecule has 170 valence electrons. The van der Waals surface area contributed by atoms with Gasteiger partial charge in [-0.25, -0.2) is 0 Å². The molecule has 7 nitrogen and oxygen atoms in total. The predicted octanol–water partition coefficient (Wildman–Crippen LogP) is 4.06. The van der Waals surface area contributed by atoms with E-state index in [1.807, 2.05) is 56.4 Å². The third kappa shape index (κ3) is 5.73.